The highest BCUT2D eigenvalue weighted by Crippen LogP contribution is 2.65. The largest absolute Gasteiger partial charge is 0.480 e. The van der Waals surface area contributed by atoms with Crippen LogP contribution in [-0.2, 0) is 9.53 Å². The van der Waals surface area contributed by atoms with Gasteiger partial charge in [0.15, 0.2) is 0 Å². The SMILES string of the molecule is CCCOC(c1ccc(C(=O)N[C@@H](CCSC)C(=O)O)c(-c2ccccc2C)c1)C12CC3CC(CC(C3)C1)C2. The summed E-state index contributed by atoms with van der Waals surface area (Å²) in [6.45, 7) is 4.95. The van der Waals surface area contributed by atoms with Gasteiger partial charge in [-0.05, 0) is 122 Å². The minimum Gasteiger partial charge on any atom is -0.480 e. The van der Waals surface area contributed by atoms with Gasteiger partial charge in [-0.25, -0.2) is 4.79 Å². The van der Waals surface area contributed by atoms with Crippen LogP contribution in [0.5, 0.6) is 0 Å². The van der Waals surface area contributed by atoms with E-state index in [-0.39, 0.29) is 17.4 Å². The Morgan fingerprint density at radius 3 is 2.31 bits per heavy atom. The first-order chi connectivity index (χ1) is 18.8. The van der Waals surface area contributed by atoms with Crippen molar-refractivity contribution in [3.8, 4) is 11.1 Å². The number of aryl methyl sites for hydroxylation is 1. The van der Waals surface area contributed by atoms with Crippen LogP contribution in [0.1, 0.15) is 85.9 Å². The summed E-state index contributed by atoms with van der Waals surface area (Å²) in [5.74, 6) is 1.79. The summed E-state index contributed by atoms with van der Waals surface area (Å²) in [5.41, 5.74) is 4.78. The molecule has 6 heteroatoms. The smallest absolute Gasteiger partial charge is 0.326 e. The van der Waals surface area contributed by atoms with Gasteiger partial charge in [0.2, 0.25) is 0 Å². The maximum atomic E-state index is 13.6. The third-order valence-electron chi connectivity index (χ3n) is 9.37. The van der Waals surface area contributed by atoms with Crippen LogP contribution >= 0.6 is 11.8 Å². The van der Waals surface area contributed by atoms with Crippen molar-refractivity contribution in [1.82, 2.24) is 5.32 Å². The van der Waals surface area contributed by atoms with Gasteiger partial charge in [0.05, 0.1) is 6.10 Å². The van der Waals surface area contributed by atoms with Gasteiger partial charge in [0.25, 0.3) is 5.91 Å². The maximum Gasteiger partial charge on any atom is 0.326 e. The fourth-order valence-corrected chi connectivity index (χ4v) is 8.58. The predicted molar refractivity (Wildman–Crippen MR) is 158 cm³/mol. The first kappa shape index (κ1) is 28.2. The summed E-state index contributed by atoms with van der Waals surface area (Å²) >= 11 is 1.58. The number of hydrogen-bond acceptors (Lipinski definition) is 4. The second-order valence-corrected chi connectivity index (χ2v) is 13.3. The van der Waals surface area contributed by atoms with Crippen molar-refractivity contribution in [3.63, 3.8) is 0 Å². The molecule has 210 valence electrons. The second-order valence-electron chi connectivity index (χ2n) is 12.3. The average Bonchev–Trinajstić information content (AvgIpc) is 2.90. The zero-order valence-corrected chi connectivity index (χ0v) is 24.4. The lowest BCUT2D eigenvalue weighted by Crippen LogP contribution is -2.49. The van der Waals surface area contributed by atoms with Crippen LogP contribution in [0.2, 0.25) is 0 Å². The van der Waals surface area contributed by atoms with Crippen molar-refractivity contribution < 1.29 is 19.4 Å². The topological polar surface area (TPSA) is 75.6 Å². The van der Waals surface area contributed by atoms with Crippen molar-refractivity contribution in [2.75, 3.05) is 18.6 Å². The van der Waals surface area contributed by atoms with Gasteiger partial charge in [-0.1, -0.05) is 37.3 Å². The van der Waals surface area contributed by atoms with E-state index in [0.29, 0.717) is 17.7 Å². The molecular weight excluding hydrogens is 506 g/mol. The van der Waals surface area contributed by atoms with Crippen molar-refractivity contribution >= 4 is 23.6 Å². The summed E-state index contributed by atoms with van der Waals surface area (Å²) in [5, 5.41) is 12.5. The monoisotopic (exact) mass is 549 g/mol. The van der Waals surface area contributed by atoms with Crippen molar-refractivity contribution in [1.29, 1.82) is 0 Å². The fraction of sp³-hybridized carbons (Fsp3) is 0.576. The molecule has 0 radical (unpaired) electrons. The number of ether oxygens (including phenoxy) is 1. The third kappa shape index (κ3) is 5.92. The van der Waals surface area contributed by atoms with Crippen LogP contribution in [-0.4, -0.2) is 41.6 Å². The van der Waals surface area contributed by atoms with Gasteiger partial charge in [-0.2, -0.15) is 11.8 Å². The minimum absolute atomic E-state index is 0.0130. The number of hydrogen-bond donors (Lipinski definition) is 2. The molecule has 0 aromatic heterocycles. The van der Waals surface area contributed by atoms with Crippen LogP contribution in [0.4, 0.5) is 0 Å². The van der Waals surface area contributed by atoms with Crippen LogP contribution in [0.25, 0.3) is 11.1 Å². The zero-order valence-electron chi connectivity index (χ0n) is 23.6. The second kappa shape index (κ2) is 12.1. The fourth-order valence-electron chi connectivity index (χ4n) is 8.11. The van der Waals surface area contributed by atoms with Crippen molar-refractivity contribution in [3.05, 3.63) is 59.2 Å². The Bertz CT molecular complexity index is 1160. The van der Waals surface area contributed by atoms with Gasteiger partial charge < -0.3 is 15.2 Å². The van der Waals surface area contributed by atoms with Gasteiger partial charge in [-0.3, -0.25) is 4.79 Å². The minimum atomic E-state index is -0.999. The van der Waals surface area contributed by atoms with E-state index >= 15 is 0 Å². The maximum absolute atomic E-state index is 13.6. The lowest BCUT2D eigenvalue weighted by Gasteiger charge is -2.59. The zero-order chi connectivity index (χ0) is 27.6. The van der Waals surface area contributed by atoms with Crippen LogP contribution in [0.3, 0.4) is 0 Å². The lowest BCUT2D eigenvalue weighted by atomic mass is 9.47. The molecule has 39 heavy (non-hydrogen) atoms. The molecule has 0 saturated heterocycles. The molecule has 6 rings (SSSR count). The third-order valence-corrected chi connectivity index (χ3v) is 10.0. The van der Waals surface area contributed by atoms with Crippen molar-refractivity contribution in [2.45, 2.75) is 77.4 Å². The Kier molecular flexibility index (Phi) is 8.72. The molecule has 1 unspecified atom stereocenters. The van der Waals surface area contributed by atoms with Gasteiger partial charge in [0.1, 0.15) is 6.04 Å². The normalized spacial score (nSPS) is 26.8. The number of nitrogens with one attached hydrogen (secondary N) is 1. The molecule has 2 aromatic rings. The van der Waals surface area contributed by atoms with Crippen LogP contribution < -0.4 is 5.32 Å². The molecule has 4 aliphatic rings. The molecule has 5 nitrogen and oxygen atoms in total. The number of carboxylic acid groups (broad SMARTS) is 1. The summed E-state index contributed by atoms with van der Waals surface area (Å²) < 4.78 is 6.74. The number of thioether (sulfide) groups is 1. The standard InChI is InChI=1S/C33H43NO4S/c1-4-12-38-30(33-18-22-14-23(19-33)16-24(15-22)20-33)25-9-10-27(28(17-25)26-8-6-5-7-21(26)2)31(35)34-29(32(36)37)11-13-39-3/h5-10,17,22-24,29-30H,4,11-16,18-20H2,1-3H3,(H,34,35)(H,36,37)/t22?,23?,24?,29-,30?,33?/m0/s1. The summed E-state index contributed by atoms with van der Waals surface area (Å²) in [6, 6.07) is 13.4. The van der Waals surface area contributed by atoms with E-state index in [2.05, 4.69) is 43.4 Å². The summed E-state index contributed by atoms with van der Waals surface area (Å²) in [4.78, 5) is 25.5. The molecule has 4 aliphatic carbocycles. The lowest BCUT2D eigenvalue weighted by molar-refractivity contribution is -0.145. The van der Waals surface area contributed by atoms with Gasteiger partial charge in [0, 0.05) is 17.6 Å². The predicted octanol–water partition coefficient (Wildman–Crippen LogP) is 7.28. The number of benzene rings is 2. The Balaban J connectivity index is 1.54. The van der Waals surface area contributed by atoms with E-state index in [1.54, 1.807) is 11.8 Å². The molecule has 2 N–H and O–H groups in total. The van der Waals surface area contributed by atoms with E-state index in [1.807, 2.05) is 24.5 Å². The number of aliphatic carboxylic acids is 1. The van der Waals surface area contributed by atoms with E-state index < -0.39 is 12.0 Å². The number of carboxylic acids is 1. The highest BCUT2D eigenvalue weighted by molar-refractivity contribution is 7.98. The highest BCUT2D eigenvalue weighted by Gasteiger charge is 2.55. The molecule has 1 amide bonds. The number of carbonyl (C=O) groups excluding carboxylic acids is 1. The molecule has 4 fully saturated rings. The van der Waals surface area contributed by atoms with E-state index in [0.717, 1.165) is 53.0 Å². The first-order valence-electron chi connectivity index (χ1n) is 14.7. The van der Waals surface area contributed by atoms with E-state index in [1.165, 1.54) is 38.5 Å². The quantitative estimate of drug-likeness (QED) is 0.291. The number of rotatable bonds is 12. The Morgan fingerprint density at radius 2 is 1.72 bits per heavy atom. The van der Waals surface area contributed by atoms with Gasteiger partial charge >= 0.3 is 5.97 Å². The molecule has 0 spiro atoms. The molecule has 4 bridgehead atoms. The molecule has 2 aromatic carbocycles. The molecule has 0 heterocycles. The Morgan fingerprint density at radius 1 is 1.05 bits per heavy atom. The number of carbonyl (C=O) groups is 2. The molecule has 4 saturated carbocycles. The van der Waals surface area contributed by atoms with Crippen LogP contribution in [0, 0.1) is 30.1 Å². The molecule has 0 aliphatic heterocycles. The van der Waals surface area contributed by atoms with E-state index in [9.17, 15) is 14.7 Å². The van der Waals surface area contributed by atoms with Gasteiger partial charge in [-0.15, -0.1) is 0 Å². The summed E-state index contributed by atoms with van der Waals surface area (Å²) in [6.07, 6.45) is 11.2. The van der Waals surface area contributed by atoms with E-state index in [4.69, 9.17) is 4.74 Å². The average molecular weight is 550 g/mol. The molecular formula is C33H43NO4S. The highest BCUT2D eigenvalue weighted by atomic mass is 32.2. The van der Waals surface area contributed by atoms with Crippen LogP contribution in [0.15, 0.2) is 42.5 Å². The summed E-state index contributed by atoms with van der Waals surface area (Å²) in [7, 11) is 0. The van der Waals surface area contributed by atoms with Crippen molar-refractivity contribution in [2.24, 2.45) is 23.2 Å². The first-order valence-corrected chi connectivity index (χ1v) is 16.1. The Labute approximate surface area is 237 Å². The Hall–Kier alpha value is -2.31. The number of amides is 1. The molecule has 2 atom stereocenters.